The molecule has 0 heterocycles. The molecule has 0 aliphatic heterocycles. The SMILES string of the molecule is CCCCCCCCCCCC/C=C/CCCCCCCCCC(=O)OC(COCCC(C(=O)[O-])[N+](C)(C)C)COC(=O)CCCCCCCCCCCCCCCCCCC. The minimum atomic E-state index is -1.12. The van der Waals surface area contributed by atoms with Gasteiger partial charge in [0.15, 0.2) is 6.10 Å². The molecule has 366 valence electrons. The van der Waals surface area contributed by atoms with E-state index in [1.54, 1.807) is 0 Å². The van der Waals surface area contributed by atoms with E-state index in [0.717, 1.165) is 38.5 Å². The predicted octanol–water partition coefficient (Wildman–Crippen LogP) is 14.1. The van der Waals surface area contributed by atoms with Crippen LogP contribution in [0.25, 0.3) is 0 Å². The molecule has 0 aliphatic carbocycles. The molecule has 0 radical (unpaired) electrons. The third-order valence-electron chi connectivity index (χ3n) is 12.4. The Morgan fingerprint density at radius 2 is 0.806 bits per heavy atom. The zero-order valence-corrected chi connectivity index (χ0v) is 41.8. The van der Waals surface area contributed by atoms with Crippen LogP contribution in [0.3, 0.4) is 0 Å². The Hall–Kier alpha value is -1.93. The summed E-state index contributed by atoms with van der Waals surface area (Å²) in [6.45, 7) is 4.71. The fraction of sp³-hybridized carbons (Fsp3) is 0.907. The van der Waals surface area contributed by atoms with Gasteiger partial charge in [-0.25, -0.2) is 0 Å². The lowest BCUT2D eigenvalue weighted by atomic mass is 10.0. The summed E-state index contributed by atoms with van der Waals surface area (Å²) in [6.07, 6.45) is 51.0. The standard InChI is InChI=1S/C54H103NO7/c1-6-8-10-12-14-16-18-20-22-24-25-26-27-29-31-33-35-37-39-41-43-45-53(57)62-50(48-60-47-46-51(54(58)59)55(3,4)5)49-61-52(56)44-42-40-38-36-34-32-30-28-23-21-19-17-15-13-11-9-7-2/h26-27,50-51H,6-25,28-49H2,1-5H3/b27-26+. The fourth-order valence-electron chi connectivity index (χ4n) is 8.25. The normalized spacial score (nSPS) is 12.9. The highest BCUT2D eigenvalue weighted by atomic mass is 16.6. The second-order valence-electron chi connectivity index (χ2n) is 19.5. The minimum Gasteiger partial charge on any atom is -0.544 e. The zero-order valence-electron chi connectivity index (χ0n) is 41.8. The quantitative estimate of drug-likeness (QED) is 0.0260. The Labute approximate surface area is 384 Å². The summed E-state index contributed by atoms with van der Waals surface area (Å²) < 4.78 is 17.3. The Morgan fingerprint density at radius 3 is 1.16 bits per heavy atom. The third-order valence-corrected chi connectivity index (χ3v) is 12.4. The van der Waals surface area contributed by atoms with E-state index >= 15 is 0 Å². The van der Waals surface area contributed by atoms with Gasteiger partial charge in [0, 0.05) is 19.3 Å². The first kappa shape index (κ1) is 60.1. The van der Waals surface area contributed by atoms with E-state index in [1.165, 1.54) is 193 Å². The second kappa shape index (κ2) is 45.6. The van der Waals surface area contributed by atoms with Crippen molar-refractivity contribution in [2.24, 2.45) is 0 Å². The molecule has 0 fully saturated rings. The Kier molecular flexibility index (Phi) is 44.2. The number of nitrogens with zero attached hydrogens (tertiary/aromatic N) is 1. The molecule has 0 N–H and O–H groups in total. The first-order chi connectivity index (χ1) is 30.1. The summed E-state index contributed by atoms with van der Waals surface area (Å²) >= 11 is 0. The molecular weight excluding hydrogens is 775 g/mol. The van der Waals surface area contributed by atoms with Gasteiger partial charge < -0.3 is 28.6 Å². The smallest absolute Gasteiger partial charge is 0.306 e. The monoisotopic (exact) mass is 878 g/mol. The molecule has 0 aliphatic rings. The van der Waals surface area contributed by atoms with Gasteiger partial charge in [-0.2, -0.15) is 0 Å². The second-order valence-corrected chi connectivity index (χ2v) is 19.5. The van der Waals surface area contributed by atoms with E-state index < -0.39 is 18.1 Å². The lowest BCUT2D eigenvalue weighted by molar-refractivity contribution is -0.889. The average molecular weight is 878 g/mol. The maximum atomic E-state index is 12.8. The average Bonchev–Trinajstić information content (AvgIpc) is 3.23. The van der Waals surface area contributed by atoms with Crippen LogP contribution >= 0.6 is 0 Å². The molecule has 8 heteroatoms. The van der Waals surface area contributed by atoms with Crippen LogP contribution in [-0.4, -0.2) is 75.5 Å². The van der Waals surface area contributed by atoms with Gasteiger partial charge in [0.2, 0.25) is 0 Å². The Morgan fingerprint density at radius 1 is 0.468 bits per heavy atom. The van der Waals surface area contributed by atoms with E-state index in [1.807, 2.05) is 21.1 Å². The fourth-order valence-corrected chi connectivity index (χ4v) is 8.25. The molecule has 0 aromatic heterocycles. The van der Waals surface area contributed by atoms with E-state index in [9.17, 15) is 19.5 Å². The number of likely N-dealkylation sites (N-methyl/N-ethyl adjacent to an activating group) is 1. The zero-order chi connectivity index (χ0) is 45.6. The number of esters is 2. The van der Waals surface area contributed by atoms with Gasteiger partial charge in [0.1, 0.15) is 12.6 Å². The van der Waals surface area contributed by atoms with E-state index in [4.69, 9.17) is 14.2 Å². The number of allylic oxidation sites excluding steroid dienone is 2. The van der Waals surface area contributed by atoms with Crippen molar-refractivity contribution in [1.82, 2.24) is 0 Å². The van der Waals surface area contributed by atoms with Crippen LogP contribution in [0.2, 0.25) is 0 Å². The number of rotatable bonds is 49. The van der Waals surface area contributed by atoms with Gasteiger partial charge in [0.25, 0.3) is 0 Å². The van der Waals surface area contributed by atoms with Crippen LogP contribution in [0.5, 0.6) is 0 Å². The predicted molar refractivity (Wildman–Crippen MR) is 259 cm³/mol. The van der Waals surface area contributed by atoms with Gasteiger partial charge in [0.05, 0.1) is 40.3 Å². The number of hydrogen-bond acceptors (Lipinski definition) is 7. The highest BCUT2D eigenvalue weighted by molar-refractivity contribution is 5.70. The number of hydrogen-bond donors (Lipinski definition) is 0. The molecule has 2 atom stereocenters. The minimum absolute atomic E-state index is 0.0452. The number of carboxylic acid groups (broad SMARTS) is 1. The van der Waals surface area contributed by atoms with Crippen LogP contribution in [-0.2, 0) is 28.6 Å². The van der Waals surface area contributed by atoms with Crippen molar-refractivity contribution in [1.29, 1.82) is 0 Å². The number of quaternary nitrogens is 1. The topological polar surface area (TPSA) is 102 Å². The van der Waals surface area contributed by atoms with Crippen LogP contribution in [0.15, 0.2) is 12.2 Å². The van der Waals surface area contributed by atoms with Crippen LogP contribution in [0, 0.1) is 0 Å². The molecule has 0 bridgehead atoms. The molecule has 0 aromatic carbocycles. The highest BCUT2D eigenvalue weighted by Gasteiger charge is 2.25. The van der Waals surface area contributed by atoms with Gasteiger partial charge >= 0.3 is 11.9 Å². The molecule has 62 heavy (non-hydrogen) atoms. The summed E-state index contributed by atoms with van der Waals surface area (Å²) in [5.74, 6) is -1.72. The molecule has 0 aromatic rings. The lowest BCUT2D eigenvalue weighted by Crippen LogP contribution is -2.55. The van der Waals surface area contributed by atoms with Gasteiger partial charge in [-0.3, -0.25) is 9.59 Å². The van der Waals surface area contributed by atoms with E-state index in [2.05, 4.69) is 26.0 Å². The maximum Gasteiger partial charge on any atom is 0.306 e. The first-order valence-electron chi connectivity index (χ1n) is 26.7. The van der Waals surface area contributed by atoms with Crippen molar-refractivity contribution in [3.05, 3.63) is 12.2 Å². The molecule has 0 saturated carbocycles. The Balaban J connectivity index is 4.19. The van der Waals surface area contributed by atoms with Crippen molar-refractivity contribution in [2.75, 3.05) is 41.0 Å². The van der Waals surface area contributed by atoms with E-state index in [0.29, 0.717) is 12.8 Å². The number of carbonyl (C=O) groups excluding carboxylic acids is 3. The molecule has 2 unspecified atom stereocenters. The molecule has 8 nitrogen and oxygen atoms in total. The van der Waals surface area contributed by atoms with Gasteiger partial charge in [-0.1, -0.05) is 219 Å². The summed E-state index contributed by atoms with van der Waals surface area (Å²) in [7, 11) is 5.43. The number of unbranched alkanes of at least 4 members (excludes halogenated alkanes) is 33. The lowest BCUT2D eigenvalue weighted by Gasteiger charge is -2.34. The summed E-state index contributed by atoms with van der Waals surface area (Å²) in [5.41, 5.74) is 0. The number of ether oxygens (including phenoxy) is 3. The maximum absolute atomic E-state index is 12.8. The van der Waals surface area contributed by atoms with E-state index in [-0.39, 0.29) is 42.7 Å². The van der Waals surface area contributed by atoms with Crippen molar-refractivity contribution >= 4 is 17.9 Å². The molecule has 0 spiro atoms. The first-order valence-corrected chi connectivity index (χ1v) is 26.7. The van der Waals surface area contributed by atoms with Crippen molar-refractivity contribution in [3.63, 3.8) is 0 Å². The van der Waals surface area contributed by atoms with Crippen molar-refractivity contribution in [2.45, 2.75) is 276 Å². The summed E-state index contributed by atoms with van der Waals surface area (Å²) in [4.78, 5) is 37.0. The molecule has 0 saturated heterocycles. The third kappa shape index (κ3) is 43.3. The van der Waals surface area contributed by atoms with Crippen LogP contribution < -0.4 is 5.11 Å². The van der Waals surface area contributed by atoms with Crippen LogP contribution in [0.4, 0.5) is 0 Å². The number of aliphatic carboxylic acids is 1. The van der Waals surface area contributed by atoms with Crippen LogP contribution in [0.1, 0.15) is 264 Å². The number of carboxylic acids is 1. The highest BCUT2D eigenvalue weighted by Crippen LogP contribution is 2.17. The van der Waals surface area contributed by atoms with Crippen molar-refractivity contribution < 1.29 is 38.2 Å². The largest absolute Gasteiger partial charge is 0.544 e. The summed E-state index contributed by atoms with van der Waals surface area (Å²) in [5, 5.41) is 11.7. The van der Waals surface area contributed by atoms with Gasteiger partial charge in [-0.05, 0) is 38.5 Å². The van der Waals surface area contributed by atoms with Crippen molar-refractivity contribution in [3.8, 4) is 0 Å². The summed E-state index contributed by atoms with van der Waals surface area (Å²) in [6, 6.07) is -0.723. The number of carbonyl (C=O) groups is 3. The molecule has 0 amide bonds. The molecule has 0 rings (SSSR count). The molecular formula is C54H103NO7. The Bertz CT molecular complexity index is 1020. The van der Waals surface area contributed by atoms with Gasteiger partial charge in [-0.15, -0.1) is 0 Å².